The number of hydrogen-bond acceptors (Lipinski definition) is 4. The number of nitrogens with zero attached hydrogens (tertiary/aromatic N) is 1. The molecule has 0 amide bonds. The van der Waals surface area contributed by atoms with Crippen LogP contribution in [-0.4, -0.2) is 42.3 Å². The standard InChI is InChI=1S/C13H25NO3/c1-4-14(5-2)12(3)13(16)17-11-9-7-6-8-10-15/h15H,3-11H2,1-2H3. The van der Waals surface area contributed by atoms with Crippen LogP contribution in [0.2, 0.25) is 0 Å². The van der Waals surface area contributed by atoms with Crippen LogP contribution in [0.15, 0.2) is 12.3 Å². The first-order valence-electron chi connectivity index (χ1n) is 6.39. The van der Waals surface area contributed by atoms with E-state index < -0.39 is 0 Å². The highest BCUT2D eigenvalue weighted by atomic mass is 16.5. The fourth-order valence-electron chi connectivity index (χ4n) is 1.55. The third-order valence-electron chi connectivity index (χ3n) is 2.67. The molecule has 0 bridgehead atoms. The lowest BCUT2D eigenvalue weighted by Crippen LogP contribution is -2.27. The summed E-state index contributed by atoms with van der Waals surface area (Å²) in [4.78, 5) is 13.5. The summed E-state index contributed by atoms with van der Waals surface area (Å²) >= 11 is 0. The third kappa shape index (κ3) is 7.00. The Morgan fingerprint density at radius 1 is 1.18 bits per heavy atom. The molecule has 4 heteroatoms. The lowest BCUT2D eigenvalue weighted by Gasteiger charge is -2.21. The maximum absolute atomic E-state index is 11.6. The zero-order valence-corrected chi connectivity index (χ0v) is 11.1. The van der Waals surface area contributed by atoms with E-state index in [0.29, 0.717) is 12.3 Å². The summed E-state index contributed by atoms with van der Waals surface area (Å²) < 4.78 is 5.13. The number of esters is 1. The molecule has 0 saturated carbocycles. The second kappa shape index (κ2) is 10.1. The molecule has 0 aliphatic heterocycles. The topological polar surface area (TPSA) is 49.8 Å². The number of unbranched alkanes of at least 4 members (excludes halogenated alkanes) is 3. The second-order valence-electron chi connectivity index (χ2n) is 3.89. The summed E-state index contributed by atoms with van der Waals surface area (Å²) in [5, 5.41) is 8.60. The first kappa shape index (κ1) is 16.0. The molecule has 0 aromatic rings. The van der Waals surface area contributed by atoms with Crippen LogP contribution >= 0.6 is 0 Å². The maximum atomic E-state index is 11.6. The monoisotopic (exact) mass is 243 g/mol. The predicted molar refractivity (Wildman–Crippen MR) is 68.6 cm³/mol. The van der Waals surface area contributed by atoms with E-state index in [4.69, 9.17) is 9.84 Å². The van der Waals surface area contributed by atoms with Crippen molar-refractivity contribution in [3.8, 4) is 0 Å². The highest BCUT2D eigenvalue weighted by Crippen LogP contribution is 2.05. The van der Waals surface area contributed by atoms with Crippen molar-refractivity contribution < 1.29 is 14.6 Å². The van der Waals surface area contributed by atoms with E-state index in [1.165, 1.54) is 0 Å². The largest absolute Gasteiger partial charge is 0.461 e. The van der Waals surface area contributed by atoms with E-state index >= 15 is 0 Å². The molecular weight excluding hydrogens is 218 g/mol. The molecule has 0 heterocycles. The smallest absolute Gasteiger partial charge is 0.353 e. The van der Waals surface area contributed by atoms with Gasteiger partial charge in [0.2, 0.25) is 0 Å². The normalized spacial score (nSPS) is 10.1. The Morgan fingerprint density at radius 3 is 2.29 bits per heavy atom. The Morgan fingerprint density at radius 2 is 1.76 bits per heavy atom. The molecular formula is C13H25NO3. The van der Waals surface area contributed by atoms with E-state index in [-0.39, 0.29) is 12.6 Å². The summed E-state index contributed by atoms with van der Waals surface area (Å²) in [6.07, 6.45) is 3.62. The molecule has 0 spiro atoms. The summed E-state index contributed by atoms with van der Waals surface area (Å²) in [6.45, 7) is 9.91. The van der Waals surface area contributed by atoms with E-state index in [1.807, 2.05) is 18.7 Å². The van der Waals surface area contributed by atoms with Gasteiger partial charge in [-0.3, -0.25) is 0 Å². The molecule has 4 nitrogen and oxygen atoms in total. The van der Waals surface area contributed by atoms with E-state index in [2.05, 4.69) is 6.58 Å². The molecule has 0 aromatic heterocycles. The van der Waals surface area contributed by atoms with Gasteiger partial charge in [0, 0.05) is 19.7 Å². The summed E-state index contributed by atoms with van der Waals surface area (Å²) in [5.74, 6) is -0.323. The van der Waals surface area contributed by atoms with Gasteiger partial charge in [0.15, 0.2) is 0 Å². The Hall–Kier alpha value is -1.03. The molecule has 17 heavy (non-hydrogen) atoms. The van der Waals surface area contributed by atoms with Crippen LogP contribution < -0.4 is 0 Å². The average Bonchev–Trinajstić information content (AvgIpc) is 2.34. The van der Waals surface area contributed by atoms with E-state index in [1.54, 1.807) is 0 Å². The summed E-state index contributed by atoms with van der Waals surface area (Å²) in [6, 6.07) is 0. The molecule has 0 radical (unpaired) electrons. The van der Waals surface area contributed by atoms with Crippen molar-refractivity contribution in [3.05, 3.63) is 12.3 Å². The first-order chi connectivity index (χ1) is 8.17. The Bertz CT molecular complexity index is 225. The molecule has 0 unspecified atom stereocenters. The van der Waals surface area contributed by atoms with Crippen LogP contribution in [0.25, 0.3) is 0 Å². The van der Waals surface area contributed by atoms with Gasteiger partial charge in [0.05, 0.1) is 6.61 Å². The van der Waals surface area contributed by atoms with Gasteiger partial charge in [-0.2, -0.15) is 0 Å². The fourth-order valence-corrected chi connectivity index (χ4v) is 1.55. The molecule has 0 fully saturated rings. The summed E-state index contributed by atoms with van der Waals surface area (Å²) in [5.41, 5.74) is 0.436. The highest BCUT2D eigenvalue weighted by Gasteiger charge is 2.13. The van der Waals surface area contributed by atoms with Crippen molar-refractivity contribution in [1.82, 2.24) is 4.90 Å². The lowest BCUT2D eigenvalue weighted by molar-refractivity contribution is -0.141. The van der Waals surface area contributed by atoms with Gasteiger partial charge in [-0.1, -0.05) is 13.0 Å². The van der Waals surface area contributed by atoms with E-state index in [9.17, 15) is 4.79 Å². The first-order valence-corrected chi connectivity index (χ1v) is 6.39. The maximum Gasteiger partial charge on any atom is 0.353 e. The van der Waals surface area contributed by atoms with E-state index in [0.717, 1.165) is 38.8 Å². The van der Waals surface area contributed by atoms with Crippen molar-refractivity contribution in [1.29, 1.82) is 0 Å². The lowest BCUT2D eigenvalue weighted by atomic mass is 10.2. The predicted octanol–water partition coefficient (Wildman–Crippen LogP) is 1.94. The van der Waals surface area contributed by atoms with Gasteiger partial charge < -0.3 is 14.7 Å². The molecule has 0 rings (SSSR count). The highest BCUT2D eigenvalue weighted by molar-refractivity contribution is 5.87. The minimum atomic E-state index is -0.323. The number of rotatable bonds is 10. The zero-order valence-electron chi connectivity index (χ0n) is 11.1. The van der Waals surface area contributed by atoms with Crippen LogP contribution in [0.5, 0.6) is 0 Å². The molecule has 0 aliphatic rings. The summed E-state index contributed by atoms with van der Waals surface area (Å²) in [7, 11) is 0. The van der Waals surface area contributed by atoms with Crippen molar-refractivity contribution in [3.63, 3.8) is 0 Å². The molecule has 0 aromatic carbocycles. The van der Waals surface area contributed by atoms with Crippen molar-refractivity contribution in [2.75, 3.05) is 26.3 Å². The van der Waals surface area contributed by atoms with Crippen molar-refractivity contribution >= 4 is 5.97 Å². The number of hydrogen-bond donors (Lipinski definition) is 1. The Balaban J connectivity index is 3.67. The van der Waals surface area contributed by atoms with Gasteiger partial charge in [0.25, 0.3) is 0 Å². The average molecular weight is 243 g/mol. The molecule has 0 atom stereocenters. The van der Waals surface area contributed by atoms with Crippen LogP contribution in [0.1, 0.15) is 39.5 Å². The van der Waals surface area contributed by atoms with Crippen LogP contribution in [0.3, 0.4) is 0 Å². The fraction of sp³-hybridized carbons (Fsp3) is 0.769. The Labute approximate surface area is 104 Å². The van der Waals surface area contributed by atoms with Crippen LogP contribution in [-0.2, 0) is 9.53 Å². The van der Waals surface area contributed by atoms with Gasteiger partial charge in [-0.15, -0.1) is 0 Å². The molecule has 100 valence electrons. The molecule has 0 aliphatic carbocycles. The van der Waals surface area contributed by atoms with Gasteiger partial charge in [-0.25, -0.2) is 4.79 Å². The Kier molecular flexibility index (Phi) is 9.53. The van der Waals surface area contributed by atoms with Crippen molar-refractivity contribution in [2.45, 2.75) is 39.5 Å². The van der Waals surface area contributed by atoms with Crippen molar-refractivity contribution in [2.24, 2.45) is 0 Å². The minimum absolute atomic E-state index is 0.235. The van der Waals surface area contributed by atoms with Gasteiger partial charge in [-0.05, 0) is 33.1 Å². The SMILES string of the molecule is C=C(C(=O)OCCCCCCO)N(CC)CC. The number of carbonyl (C=O) groups excluding carboxylic acids is 1. The van der Waals surface area contributed by atoms with Crippen LogP contribution in [0.4, 0.5) is 0 Å². The van der Waals surface area contributed by atoms with Gasteiger partial charge in [0.1, 0.15) is 5.70 Å². The second-order valence-corrected chi connectivity index (χ2v) is 3.89. The number of ether oxygens (including phenoxy) is 1. The molecule has 0 saturated heterocycles. The number of aliphatic hydroxyl groups is 1. The minimum Gasteiger partial charge on any atom is -0.461 e. The number of aliphatic hydroxyl groups excluding tert-OH is 1. The number of carbonyl (C=O) groups is 1. The number of likely N-dealkylation sites (N-methyl/N-ethyl adjacent to an activating group) is 1. The third-order valence-corrected chi connectivity index (χ3v) is 2.67. The molecule has 1 N–H and O–H groups in total. The zero-order chi connectivity index (χ0) is 13.1. The quantitative estimate of drug-likeness (QED) is 0.362. The van der Waals surface area contributed by atoms with Crippen LogP contribution in [0, 0.1) is 0 Å². The van der Waals surface area contributed by atoms with Gasteiger partial charge >= 0.3 is 5.97 Å².